The van der Waals surface area contributed by atoms with Gasteiger partial charge in [-0.15, -0.1) is 0 Å². The van der Waals surface area contributed by atoms with Crippen LogP contribution in [0, 0.1) is 10.1 Å². The van der Waals surface area contributed by atoms with Gasteiger partial charge in [0.15, 0.2) is 5.70 Å². The summed E-state index contributed by atoms with van der Waals surface area (Å²) in [6.07, 6.45) is 0. The number of hydrogen-bond donors (Lipinski definition) is 2. The largest absolute Gasteiger partial charge is 0.615 e. The van der Waals surface area contributed by atoms with Crippen LogP contribution in [0.2, 0.25) is 0 Å². The number of nitrogens with one attached hydrogen (secondary N) is 2. The molecule has 0 aliphatic carbocycles. The van der Waals surface area contributed by atoms with Crippen molar-refractivity contribution in [3.05, 3.63) is 46.0 Å². The monoisotopic (exact) mass is 282 g/mol. The molecule has 0 saturated carbocycles. The number of nitrogens with zero attached hydrogens (tertiary/aromatic N) is 1. The van der Waals surface area contributed by atoms with E-state index in [1.54, 1.807) is 6.07 Å². The van der Waals surface area contributed by atoms with Crippen LogP contribution >= 0.6 is 0 Å². The van der Waals surface area contributed by atoms with Crippen LogP contribution in [-0.4, -0.2) is 25.1 Å². The summed E-state index contributed by atoms with van der Waals surface area (Å²) in [6.45, 7) is 0. The van der Waals surface area contributed by atoms with Gasteiger partial charge in [0.25, 0.3) is 5.69 Å². The minimum atomic E-state index is -0.970. The zero-order chi connectivity index (χ0) is 15.1. The molecule has 0 aliphatic heterocycles. The number of esters is 1. The Morgan fingerprint density at radius 2 is 1.90 bits per heavy atom. The number of nitro groups is 1. The number of carbonyl (C=O) groups excluding carboxylic acids is 1. The van der Waals surface area contributed by atoms with Gasteiger partial charge >= 0.3 is 5.97 Å². The molecule has 0 heterocycles. The zero-order valence-corrected chi connectivity index (χ0v) is 10.7. The predicted molar refractivity (Wildman–Crippen MR) is 65.9 cm³/mol. The number of methoxy groups -OCH3 is 2. The molecule has 2 N–H and O–H groups in total. The SMILES string of the molecule is COC(=O)C(NNc1ccccc1[N+](=O)[O-])=C([O-])OC. The summed E-state index contributed by atoms with van der Waals surface area (Å²) in [5.74, 6) is -1.94. The maximum absolute atomic E-state index is 11.4. The van der Waals surface area contributed by atoms with Crippen molar-refractivity contribution in [3.8, 4) is 0 Å². The van der Waals surface area contributed by atoms with Gasteiger partial charge < -0.3 is 14.6 Å². The molecule has 0 radical (unpaired) electrons. The van der Waals surface area contributed by atoms with Crippen LogP contribution < -0.4 is 16.0 Å². The molecular formula is C11H12N3O6-. The van der Waals surface area contributed by atoms with E-state index in [4.69, 9.17) is 0 Å². The highest BCUT2D eigenvalue weighted by Gasteiger charge is 2.15. The van der Waals surface area contributed by atoms with Crippen LogP contribution in [0.1, 0.15) is 0 Å². The Kier molecular flexibility index (Phi) is 5.15. The van der Waals surface area contributed by atoms with E-state index < -0.39 is 22.5 Å². The van der Waals surface area contributed by atoms with Gasteiger partial charge in [0, 0.05) is 6.07 Å². The summed E-state index contributed by atoms with van der Waals surface area (Å²) in [7, 11) is 2.16. The number of ether oxygens (including phenoxy) is 2. The third-order valence-electron chi connectivity index (χ3n) is 2.20. The molecule has 0 bridgehead atoms. The molecule has 0 saturated heterocycles. The average Bonchev–Trinajstić information content (AvgIpc) is 2.46. The lowest BCUT2D eigenvalue weighted by atomic mass is 10.3. The maximum atomic E-state index is 11.4. The second-order valence-corrected chi connectivity index (χ2v) is 3.38. The smallest absolute Gasteiger partial charge is 0.357 e. The van der Waals surface area contributed by atoms with E-state index in [2.05, 4.69) is 20.3 Å². The number of benzene rings is 1. The van der Waals surface area contributed by atoms with Crippen LogP contribution in [0.3, 0.4) is 0 Å². The lowest BCUT2D eigenvalue weighted by Gasteiger charge is -2.17. The topological polar surface area (TPSA) is 126 Å². The summed E-state index contributed by atoms with van der Waals surface area (Å²) in [6, 6.07) is 5.69. The van der Waals surface area contributed by atoms with Gasteiger partial charge in [0.2, 0.25) is 0 Å². The van der Waals surface area contributed by atoms with Crippen LogP contribution in [0.25, 0.3) is 0 Å². The average molecular weight is 282 g/mol. The molecule has 0 aromatic heterocycles. The molecule has 1 rings (SSSR count). The third-order valence-corrected chi connectivity index (χ3v) is 2.20. The quantitative estimate of drug-likeness (QED) is 0.243. The van der Waals surface area contributed by atoms with Gasteiger partial charge in [-0.2, -0.15) is 0 Å². The number of anilines is 1. The first-order valence-corrected chi connectivity index (χ1v) is 5.30. The van der Waals surface area contributed by atoms with Crippen molar-refractivity contribution in [2.75, 3.05) is 19.6 Å². The van der Waals surface area contributed by atoms with Gasteiger partial charge in [-0.05, 0) is 13.2 Å². The molecule has 9 heteroatoms. The van der Waals surface area contributed by atoms with Crippen LogP contribution in [0.5, 0.6) is 0 Å². The number of hydrazine groups is 1. The zero-order valence-electron chi connectivity index (χ0n) is 10.7. The van der Waals surface area contributed by atoms with E-state index in [0.717, 1.165) is 14.2 Å². The molecule has 0 fully saturated rings. The van der Waals surface area contributed by atoms with Crippen molar-refractivity contribution in [3.63, 3.8) is 0 Å². The van der Waals surface area contributed by atoms with Crippen molar-refractivity contribution < 1.29 is 24.3 Å². The normalized spacial score (nSPS) is 11.1. The standard InChI is InChI=1S/C11H13N3O6/c1-19-10(15)9(11(16)20-2)13-12-7-5-3-4-6-8(7)14(17)18/h3-6,12-13,15H,1-2H3/p-1. The highest BCUT2D eigenvalue weighted by atomic mass is 16.6. The van der Waals surface area contributed by atoms with E-state index in [1.165, 1.54) is 18.2 Å². The van der Waals surface area contributed by atoms with Gasteiger partial charge in [-0.25, -0.2) is 4.79 Å². The van der Waals surface area contributed by atoms with Crippen molar-refractivity contribution in [2.45, 2.75) is 0 Å². The molecule has 0 amide bonds. The number of rotatable bonds is 6. The number of nitro benzene ring substituents is 1. The molecule has 0 atom stereocenters. The fourth-order valence-electron chi connectivity index (χ4n) is 1.26. The Balaban J connectivity index is 2.95. The first kappa shape index (κ1) is 15.1. The first-order chi connectivity index (χ1) is 9.51. The van der Waals surface area contributed by atoms with Crippen molar-refractivity contribution >= 4 is 17.3 Å². The first-order valence-electron chi connectivity index (χ1n) is 5.30. The summed E-state index contributed by atoms with van der Waals surface area (Å²) in [5.41, 5.74) is 3.95. The van der Waals surface area contributed by atoms with E-state index >= 15 is 0 Å². The van der Waals surface area contributed by atoms with Crippen LogP contribution in [0.15, 0.2) is 35.9 Å². The summed E-state index contributed by atoms with van der Waals surface area (Å²) in [5, 5.41) is 22.2. The maximum Gasteiger partial charge on any atom is 0.357 e. The van der Waals surface area contributed by atoms with Gasteiger partial charge in [-0.3, -0.25) is 21.0 Å². The fourth-order valence-corrected chi connectivity index (χ4v) is 1.26. The number of hydrogen-bond acceptors (Lipinski definition) is 8. The summed E-state index contributed by atoms with van der Waals surface area (Å²) < 4.78 is 8.78. The van der Waals surface area contributed by atoms with Crippen LogP contribution in [0.4, 0.5) is 11.4 Å². The summed E-state index contributed by atoms with van der Waals surface area (Å²) >= 11 is 0. The molecule has 20 heavy (non-hydrogen) atoms. The summed E-state index contributed by atoms with van der Waals surface area (Å²) in [4.78, 5) is 21.5. The molecule has 9 nitrogen and oxygen atoms in total. The molecule has 0 aliphatic rings. The predicted octanol–water partition coefficient (Wildman–Crippen LogP) is -0.140. The Labute approximate surface area is 113 Å². The Morgan fingerprint density at radius 3 is 2.45 bits per heavy atom. The molecule has 0 spiro atoms. The van der Waals surface area contributed by atoms with E-state index in [1.807, 2.05) is 0 Å². The van der Waals surface area contributed by atoms with E-state index in [0.29, 0.717) is 0 Å². The highest BCUT2D eigenvalue weighted by molar-refractivity contribution is 5.88. The Bertz CT molecular complexity index is 543. The lowest BCUT2D eigenvalue weighted by molar-refractivity contribution is -0.384. The Hall–Kier alpha value is -2.97. The fraction of sp³-hybridized carbons (Fsp3) is 0.182. The minimum Gasteiger partial charge on any atom is -0.615 e. The van der Waals surface area contributed by atoms with Crippen molar-refractivity contribution in [1.29, 1.82) is 0 Å². The van der Waals surface area contributed by atoms with Crippen LogP contribution in [-0.2, 0) is 14.3 Å². The second kappa shape index (κ2) is 6.83. The third kappa shape index (κ3) is 3.51. The number of para-hydroxylation sites is 2. The molecule has 1 aromatic rings. The second-order valence-electron chi connectivity index (χ2n) is 3.38. The molecule has 108 valence electrons. The van der Waals surface area contributed by atoms with Gasteiger partial charge in [0.1, 0.15) is 5.69 Å². The number of carbonyl (C=O) groups is 1. The molecule has 0 unspecified atom stereocenters. The van der Waals surface area contributed by atoms with Gasteiger partial charge in [0.05, 0.1) is 18.0 Å². The van der Waals surface area contributed by atoms with Crippen molar-refractivity contribution in [1.82, 2.24) is 5.43 Å². The highest BCUT2D eigenvalue weighted by Crippen LogP contribution is 2.22. The Morgan fingerprint density at radius 1 is 1.25 bits per heavy atom. The lowest BCUT2D eigenvalue weighted by Crippen LogP contribution is -2.32. The molecular weight excluding hydrogens is 270 g/mol. The van der Waals surface area contributed by atoms with E-state index in [9.17, 15) is 20.0 Å². The molecule has 1 aromatic carbocycles. The van der Waals surface area contributed by atoms with Crippen molar-refractivity contribution in [2.24, 2.45) is 0 Å². The minimum absolute atomic E-state index is 0.0720. The van der Waals surface area contributed by atoms with E-state index in [-0.39, 0.29) is 11.4 Å². The van der Waals surface area contributed by atoms with Gasteiger partial charge in [-0.1, -0.05) is 12.1 Å².